The minimum atomic E-state index is 0.0920. The molecule has 0 unspecified atom stereocenters. The van der Waals surface area contributed by atoms with Crippen LogP contribution >= 0.6 is 11.6 Å². The number of carbonyl (C=O) groups excluding carboxylic acids is 1. The third kappa shape index (κ3) is 3.87. The first-order valence-electron chi connectivity index (χ1n) is 6.84. The Kier molecular flexibility index (Phi) is 5.08. The smallest absolute Gasteiger partial charge is 0.224 e. The number of carbonyl (C=O) groups is 1. The van der Waals surface area contributed by atoms with Crippen molar-refractivity contribution >= 4 is 23.2 Å². The molecule has 1 aromatic rings. The second-order valence-electron chi connectivity index (χ2n) is 4.94. The van der Waals surface area contributed by atoms with Crippen molar-refractivity contribution in [2.45, 2.75) is 38.5 Å². The van der Waals surface area contributed by atoms with Crippen molar-refractivity contribution in [1.82, 2.24) is 0 Å². The second-order valence-corrected chi connectivity index (χ2v) is 5.21. The summed E-state index contributed by atoms with van der Waals surface area (Å²) in [6, 6.07) is 5.61. The van der Waals surface area contributed by atoms with E-state index in [0.717, 1.165) is 17.0 Å². The number of amides is 1. The van der Waals surface area contributed by atoms with Gasteiger partial charge in [0.25, 0.3) is 0 Å². The maximum atomic E-state index is 11.9. The standard InChI is InChI=1S/C15H20ClNO2/c1-2-19-14-7-6-13(9-12(14)10-16)17-15(18)8-11-4-3-5-11/h6-7,9,11H,2-5,8,10H2,1H3,(H,17,18). The molecule has 1 saturated carbocycles. The summed E-state index contributed by atoms with van der Waals surface area (Å²) in [6.07, 6.45) is 4.26. The Morgan fingerprint density at radius 2 is 2.26 bits per heavy atom. The van der Waals surface area contributed by atoms with Crippen LogP contribution in [0.25, 0.3) is 0 Å². The molecule has 4 heteroatoms. The van der Waals surface area contributed by atoms with Crippen molar-refractivity contribution < 1.29 is 9.53 Å². The van der Waals surface area contributed by atoms with Crippen molar-refractivity contribution in [3.8, 4) is 5.75 Å². The topological polar surface area (TPSA) is 38.3 Å². The van der Waals surface area contributed by atoms with Gasteiger partial charge in [-0.25, -0.2) is 0 Å². The highest BCUT2D eigenvalue weighted by atomic mass is 35.5. The average molecular weight is 282 g/mol. The van der Waals surface area contributed by atoms with E-state index in [4.69, 9.17) is 16.3 Å². The molecule has 1 N–H and O–H groups in total. The van der Waals surface area contributed by atoms with Gasteiger partial charge in [0, 0.05) is 17.7 Å². The lowest BCUT2D eigenvalue weighted by molar-refractivity contribution is -0.117. The first-order chi connectivity index (χ1) is 9.22. The normalized spacial score (nSPS) is 14.8. The first-order valence-corrected chi connectivity index (χ1v) is 7.38. The van der Waals surface area contributed by atoms with Crippen LogP contribution in [0.1, 0.15) is 38.2 Å². The molecule has 1 aromatic carbocycles. The van der Waals surface area contributed by atoms with E-state index in [1.807, 2.05) is 25.1 Å². The molecule has 0 heterocycles. The van der Waals surface area contributed by atoms with Gasteiger partial charge in [-0.2, -0.15) is 0 Å². The Morgan fingerprint density at radius 3 is 2.84 bits per heavy atom. The summed E-state index contributed by atoms with van der Waals surface area (Å²) in [5.74, 6) is 1.83. The van der Waals surface area contributed by atoms with Crippen LogP contribution in [-0.4, -0.2) is 12.5 Å². The Labute approximate surface area is 119 Å². The van der Waals surface area contributed by atoms with Gasteiger partial charge >= 0.3 is 0 Å². The number of hydrogen-bond acceptors (Lipinski definition) is 2. The summed E-state index contributed by atoms with van der Waals surface area (Å²) >= 11 is 5.90. The van der Waals surface area contributed by atoms with Crippen LogP contribution in [-0.2, 0) is 10.7 Å². The fourth-order valence-corrected chi connectivity index (χ4v) is 2.44. The summed E-state index contributed by atoms with van der Waals surface area (Å²) in [4.78, 5) is 11.9. The fraction of sp³-hybridized carbons (Fsp3) is 0.533. The van der Waals surface area contributed by atoms with E-state index in [1.165, 1.54) is 19.3 Å². The third-order valence-corrected chi connectivity index (χ3v) is 3.77. The van der Waals surface area contributed by atoms with Crippen LogP contribution in [0.3, 0.4) is 0 Å². The van der Waals surface area contributed by atoms with Gasteiger partial charge in [0.1, 0.15) is 5.75 Å². The molecule has 19 heavy (non-hydrogen) atoms. The van der Waals surface area contributed by atoms with Gasteiger partial charge in [-0.15, -0.1) is 11.6 Å². The summed E-state index contributed by atoms with van der Waals surface area (Å²) in [7, 11) is 0. The molecule has 0 bridgehead atoms. The Morgan fingerprint density at radius 1 is 1.47 bits per heavy atom. The van der Waals surface area contributed by atoms with Gasteiger partial charge in [0.15, 0.2) is 0 Å². The number of nitrogens with one attached hydrogen (secondary N) is 1. The zero-order valence-corrected chi connectivity index (χ0v) is 12.0. The summed E-state index contributed by atoms with van der Waals surface area (Å²) < 4.78 is 5.48. The van der Waals surface area contributed by atoms with Gasteiger partial charge in [-0.05, 0) is 43.9 Å². The lowest BCUT2D eigenvalue weighted by atomic mass is 9.83. The Balaban J connectivity index is 1.97. The quantitative estimate of drug-likeness (QED) is 0.802. The fourth-order valence-electron chi connectivity index (χ4n) is 2.23. The molecular weight excluding hydrogens is 262 g/mol. The molecule has 0 radical (unpaired) electrons. The van der Waals surface area contributed by atoms with Gasteiger partial charge < -0.3 is 10.1 Å². The van der Waals surface area contributed by atoms with Crippen molar-refractivity contribution in [3.63, 3.8) is 0 Å². The summed E-state index contributed by atoms with van der Waals surface area (Å²) in [6.45, 7) is 2.55. The van der Waals surface area contributed by atoms with E-state index in [-0.39, 0.29) is 5.91 Å². The molecular formula is C15H20ClNO2. The van der Waals surface area contributed by atoms with Crippen molar-refractivity contribution in [1.29, 1.82) is 0 Å². The molecule has 1 aliphatic carbocycles. The summed E-state index contributed by atoms with van der Waals surface area (Å²) in [5, 5.41) is 2.93. The number of benzene rings is 1. The minimum absolute atomic E-state index is 0.0920. The van der Waals surface area contributed by atoms with Gasteiger partial charge in [0.05, 0.1) is 12.5 Å². The number of halogens is 1. The largest absolute Gasteiger partial charge is 0.494 e. The predicted octanol–water partition coefficient (Wildman–Crippen LogP) is 3.95. The van der Waals surface area contributed by atoms with Gasteiger partial charge in [-0.3, -0.25) is 4.79 Å². The second kappa shape index (κ2) is 6.80. The average Bonchev–Trinajstić information content (AvgIpc) is 2.36. The van der Waals surface area contributed by atoms with Crippen LogP contribution < -0.4 is 10.1 Å². The van der Waals surface area contributed by atoms with Crippen LogP contribution in [0.15, 0.2) is 18.2 Å². The lowest BCUT2D eigenvalue weighted by Gasteiger charge is -2.24. The maximum Gasteiger partial charge on any atom is 0.224 e. The van der Waals surface area contributed by atoms with Crippen molar-refractivity contribution in [2.75, 3.05) is 11.9 Å². The van der Waals surface area contributed by atoms with Crippen molar-refractivity contribution in [3.05, 3.63) is 23.8 Å². The van der Waals surface area contributed by atoms with E-state index < -0.39 is 0 Å². The molecule has 1 fully saturated rings. The highest BCUT2D eigenvalue weighted by Crippen LogP contribution is 2.30. The van der Waals surface area contributed by atoms with Crippen molar-refractivity contribution in [2.24, 2.45) is 5.92 Å². The number of anilines is 1. The first kappa shape index (κ1) is 14.2. The predicted molar refractivity (Wildman–Crippen MR) is 77.8 cm³/mol. The number of ether oxygens (including phenoxy) is 1. The van der Waals surface area contributed by atoms with Gasteiger partial charge in [0.2, 0.25) is 5.91 Å². The lowest BCUT2D eigenvalue weighted by Crippen LogP contribution is -2.20. The molecule has 1 amide bonds. The summed E-state index contributed by atoms with van der Waals surface area (Å²) in [5.41, 5.74) is 1.70. The van der Waals surface area contributed by atoms with Crippen LogP contribution in [0.4, 0.5) is 5.69 Å². The molecule has 104 valence electrons. The van der Waals surface area contributed by atoms with E-state index >= 15 is 0 Å². The molecule has 2 rings (SSSR count). The highest BCUT2D eigenvalue weighted by Gasteiger charge is 2.20. The Hall–Kier alpha value is -1.22. The zero-order valence-electron chi connectivity index (χ0n) is 11.2. The third-order valence-electron chi connectivity index (χ3n) is 3.49. The molecule has 0 saturated heterocycles. The van der Waals surface area contributed by atoms with E-state index in [1.54, 1.807) is 0 Å². The molecule has 0 aliphatic heterocycles. The molecule has 3 nitrogen and oxygen atoms in total. The minimum Gasteiger partial charge on any atom is -0.494 e. The monoisotopic (exact) mass is 281 g/mol. The SMILES string of the molecule is CCOc1ccc(NC(=O)CC2CCC2)cc1CCl. The molecule has 0 atom stereocenters. The van der Waals surface area contributed by atoms with Gasteiger partial charge in [-0.1, -0.05) is 6.42 Å². The highest BCUT2D eigenvalue weighted by molar-refractivity contribution is 6.17. The number of alkyl halides is 1. The number of hydrogen-bond donors (Lipinski definition) is 1. The zero-order chi connectivity index (χ0) is 13.7. The Bertz CT molecular complexity index is 444. The van der Waals surface area contributed by atoms with Crippen LogP contribution in [0.5, 0.6) is 5.75 Å². The molecule has 0 spiro atoms. The van der Waals surface area contributed by atoms with E-state index in [0.29, 0.717) is 24.8 Å². The molecule has 0 aromatic heterocycles. The van der Waals surface area contributed by atoms with E-state index in [2.05, 4.69) is 5.32 Å². The van der Waals surface area contributed by atoms with E-state index in [9.17, 15) is 4.79 Å². The van der Waals surface area contributed by atoms with Crippen LogP contribution in [0.2, 0.25) is 0 Å². The maximum absolute atomic E-state index is 11.9. The molecule has 1 aliphatic rings. The number of rotatable bonds is 6. The van der Waals surface area contributed by atoms with Crippen LogP contribution in [0, 0.1) is 5.92 Å².